The molecule has 142 valence electrons. The summed E-state index contributed by atoms with van der Waals surface area (Å²) in [5.41, 5.74) is 10.7. The zero-order valence-electron chi connectivity index (χ0n) is 15.2. The van der Waals surface area contributed by atoms with Crippen LogP contribution < -0.4 is 5.73 Å². The van der Waals surface area contributed by atoms with Crippen molar-refractivity contribution in [2.45, 2.75) is 0 Å². The number of benzene rings is 2. The minimum absolute atomic E-state index is 0.00810. The van der Waals surface area contributed by atoms with E-state index < -0.39 is 10.8 Å². The second kappa shape index (κ2) is 7.40. The van der Waals surface area contributed by atoms with Crippen LogP contribution in [0.4, 0.5) is 5.69 Å². The summed E-state index contributed by atoms with van der Waals surface area (Å²) >= 11 is 0. The number of amides is 1. The van der Waals surface area contributed by atoms with Gasteiger partial charge in [0.25, 0.3) is 5.69 Å². The lowest BCUT2D eigenvalue weighted by Gasteiger charge is -2.08. The van der Waals surface area contributed by atoms with Gasteiger partial charge in [-0.15, -0.1) is 0 Å². The fourth-order valence-corrected chi connectivity index (χ4v) is 3.26. The Morgan fingerprint density at radius 1 is 0.931 bits per heavy atom. The highest BCUT2D eigenvalue weighted by Gasteiger charge is 2.18. The van der Waals surface area contributed by atoms with Gasteiger partial charge in [0.2, 0.25) is 5.91 Å². The van der Waals surface area contributed by atoms with Crippen LogP contribution in [0, 0.1) is 10.1 Å². The van der Waals surface area contributed by atoms with Crippen LogP contribution in [0.2, 0.25) is 0 Å². The molecule has 0 aliphatic carbocycles. The van der Waals surface area contributed by atoms with Crippen molar-refractivity contribution in [3.8, 4) is 33.6 Å². The molecule has 4 aromatic rings. The first-order valence-corrected chi connectivity index (χ1v) is 8.82. The number of nitrogens with zero attached hydrogens (tertiary/aromatic N) is 2. The predicted octanol–water partition coefficient (Wildman–Crippen LogP) is 4.42. The van der Waals surface area contributed by atoms with Gasteiger partial charge in [-0.25, -0.2) is 0 Å². The normalized spacial score (nSPS) is 10.6. The van der Waals surface area contributed by atoms with E-state index in [-0.39, 0.29) is 5.69 Å². The van der Waals surface area contributed by atoms with Crippen LogP contribution in [-0.4, -0.2) is 20.8 Å². The van der Waals surface area contributed by atoms with Gasteiger partial charge in [-0.05, 0) is 47.5 Å². The summed E-state index contributed by atoms with van der Waals surface area (Å²) in [6, 6.07) is 19.0. The molecule has 2 aromatic heterocycles. The van der Waals surface area contributed by atoms with E-state index >= 15 is 0 Å². The van der Waals surface area contributed by atoms with Crippen molar-refractivity contribution < 1.29 is 9.72 Å². The molecule has 0 saturated carbocycles. The molecule has 2 heterocycles. The third-order valence-corrected chi connectivity index (χ3v) is 4.66. The van der Waals surface area contributed by atoms with Crippen LogP contribution in [0.25, 0.3) is 33.6 Å². The van der Waals surface area contributed by atoms with Gasteiger partial charge < -0.3 is 10.7 Å². The molecule has 0 radical (unpaired) electrons. The van der Waals surface area contributed by atoms with E-state index in [2.05, 4.69) is 9.97 Å². The number of rotatable bonds is 5. The van der Waals surface area contributed by atoms with Crippen molar-refractivity contribution in [3.05, 3.63) is 94.8 Å². The van der Waals surface area contributed by atoms with Crippen LogP contribution in [0.3, 0.4) is 0 Å². The molecule has 29 heavy (non-hydrogen) atoms. The SMILES string of the molecule is NC(=O)c1ccccc1-c1cc(-c2ccncc2)[nH]c1-c1ccc([N+](=O)[O-])cc1. The largest absolute Gasteiger partial charge is 0.366 e. The second-order valence-corrected chi connectivity index (χ2v) is 6.42. The maximum absolute atomic E-state index is 12.0. The Morgan fingerprint density at radius 2 is 1.62 bits per heavy atom. The highest BCUT2D eigenvalue weighted by Crippen LogP contribution is 2.37. The van der Waals surface area contributed by atoms with Gasteiger partial charge in [-0.1, -0.05) is 18.2 Å². The summed E-state index contributed by atoms with van der Waals surface area (Å²) < 4.78 is 0. The number of nitro groups is 1. The zero-order chi connectivity index (χ0) is 20.4. The van der Waals surface area contributed by atoms with Gasteiger partial charge >= 0.3 is 0 Å². The van der Waals surface area contributed by atoms with Crippen LogP contribution in [0.5, 0.6) is 0 Å². The summed E-state index contributed by atoms with van der Waals surface area (Å²) in [5.74, 6) is -0.526. The molecule has 0 aliphatic heterocycles. The summed E-state index contributed by atoms with van der Waals surface area (Å²) in [6.45, 7) is 0. The van der Waals surface area contributed by atoms with Crippen molar-refractivity contribution in [1.29, 1.82) is 0 Å². The summed E-state index contributed by atoms with van der Waals surface area (Å²) in [5, 5.41) is 11.0. The quantitative estimate of drug-likeness (QED) is 0.391. The Balaban J connectivity index is 1.93. The van der Waals surface area contributed by atoms with E-state index in [0.717, 1.165) is 28.1 Å². The minimum Gasteiger partial charge on any atom is -0.366 e. The molecule has 7 nitrogen and oxygen atoms in total. The molecule has 7 heteroatoms. The Kier molecular flexibility index (Phi) is 4.62. The number of primary amides is 1. The number of nitro benzene ring substituents is 1. The number of nitrogens with two attached hydrogens (primary N) is 1. The summed E-state index contributed by atoms with van der Waals surface area (Å²) in [7, 11) is 0. The monoisotopic (exact) mass is 384 g/mol. The second-order valence-electron chi connectivity index (χ2n) is 6.42. The van der Waals surface area contributed by atoms with Gasteiger partial charge in [-0.2, -0.15) is 0 Å². The predicted molar refractivity (Wildman–Crippen MR) is 110 cm³/mol. The molecule has 0 bridgehead atoms. The highest BCUT2D eigenvalue weighted by atomic mass is 16.6. The maximum Gasteiger partial charge on any atom is 0.269 e. The third kappa shape index (κ3) is 3.49. The number of hydrogen-bond donors (Lipinski definition) is 2. The first kappa shape index (κ1) is 18.1. The van der Waals surface area contributed by atoms with Crippen molar-refractivity contribution in [3.63, 3.8) is 0 Å². The van der Waals surface area contributed by atoms with E-state index in [1.54, 1.807) is 36.7 Å². The molecule has 0 fully saturated rings. The number of aromatic nitrogens is 2. The lowest BCUT2D eigenvalue weighted by molar-refractivity contribution is -0.384. The lowest BCUT2D eigenvalue weighted by atomic mass is 9.96. The number of aromatic amines is 1. The molecule has 0 atom stereocenters. The lowest BCUT2D eigenvalue weighted by Crippen LogP contribution is -2.12. The van der Waals surface area contributed by atoms with Crippen molar-refractivity contribution >= 4 is 11.6 Å². The molecule has 0 unspecified atom stereocenters. The maximum atomic E-state index is 12.0. The van der Waals surface area contributed by atoms with Gasteiger partial charge in [0.1, 0.15) is 0 Å². The van der Waals surface area contributed by atoms with E-state index in [9.17, 15) is 14.9 Å². The van der Waals surface area contributed by atoms with Gasteiger partial charge in [0.05, 0.1) is 10.6 Å². The summed E-state index contributed by atoms with van der Waals surface area (Å²) in [6.07, 6.45) is 3.39. The number of carbonyl (C=O) groups excluding carboxylic acids is 1. The van der Waals surface area contributed by atoms with E-state index in [0.29, 0.717) is 11.1 Å². The number of hydrogen-bond acceptors (Lipinski definition) is 4. The first-order chi connectivity index (χ1) is 14.0. The van der Waals surface area contributed by atoms with Crippen molar-refractivity contribution in [2.24, 2.45) is 5.73 Å². The average molecular weight is 384 g/mol. The summed E-state index contributed by atoms with van der Waals surface area (Å²) in [4.78, 5) is 29.9. The Morgan fingerprint density at radius 3 is 2.28 bits per heavy atom. The van der Waals surface area contributed by atoms with E-state index in [1.807, 2.05) is 30.3 Å². The number of non-ortho nitro benzene ring substituents is 1. The number of H-pyrrole nitrogens is 1. The first-order valence-electron chi connectivity index (χ1n) is 8.82. The molecular formula is C22H16N4O3. The Labute approximate surface area is 166 Å². The van der Waals surface area contributed by atoms with Crippen molar-refractivity contribution in [2.75, 3.05) is 0 Å². The molecule has 1 amide bonds. The van der Waals surface area contributed by atoms with Crippen LogP contribution in [-0.2, 0) is 0 Å². The molecule has 2 aromatic carbocycles. The molecule has 0 saturated heterocycles. The van der Waals surface area contributed by atoms with Gasteiger partial charge in [0, 0.05) is 46.9 Å². The standard InChI is InChI=1S/C22H16N4O3/c23-22(27)18-4-2-1-3-17(18)19-13-20(14-9-11-24-12-10-14)25-21(19)15-5-7-16(8-6-15)26(28)29/h1-13,25H,(H2,23,27). The fraction of sp³-hybridized carbons (Fsp3) is 0. The molecular weight excluding hydrogens is 368 g/mol. The molecule has 3 N–H and O–H groups in total. The molecule has 4 rings (SSSR count). The topological polar surface area (TPSA) is 115 Å². The third-order valence-electron chi connectivity index (χ3n) is 4.66. The number of pyridine rings is 1. The fourth-order valence-electron chi connectivity index (χ4n) is 3.26. The smallest absolute Gasteiger partial charge is 0.269 e. The molecule has 0 spiro atoms. The highest BCUT2D eigenvalue weighted by molar-refractivity contribution is 6.02. The Bertz CT molecular complexity index is 1200. The average Bonchev–Trinajstić information content (AvgIpc) is 3.20. The Hall–Kier alpha value is -4.26. The number of nitrogens with one attached hydrogen (secondary N) is 1. The number of carbonyl (C=O) groups is 1. The van der Waals surface area contributed by atoms with Crippen LogP contribution in [0.1, 0.15) is 10.4 Å². The van der Waals surface area contributed by atoms with E-state index in [1.165, 1.54) is 12.1 Å². The zero-order valence-corrected chi connectivity index (χ0v) is 15.2. The van der Waals surface area contributed by atoms with Crippen LogP contribution >= 0.6 is 0 Å². The van der Waals surface area contributed by atoms with Gasteiger partial charge in [-0.3, -0.25) is 19.9 Å². The van der Waals surface area contributed by atoms with E-state index in [4.69, 9.17) is 5.73 Å². The van der Waals surface area contributed by atoms with Crippen molar-refractivity contribution in [1.82, 2.24) is 9.97 Å². The van der Waals surface area contributed by atoms with Gasteiger partial charge in [0.15, 0.2) is 0 Å². The van der Waals surface area contributed by atoms with Crippen LogP contribution in [0.15, 0.2) is 79.1 Å². The minimum atomic E-state index is -0.526. The molecule has 0 aliphatic rings.